The number of aromatic nitrogens is 4. The van der Waals surface area contributed by atoms with Crippen LogP contribution < -0.4 is 4.74 Å². The van der Waals surface area contributed by atoms with Crippen LogP contribution in [0.5, 0.6) is 5.75 Å². The number of benzene rings is 1. The van der Waals surface area contributed by atoms with Gasteiger partial charge < -0.3 is 9.84 Å². The lowest BCUT2D eigenvalue weighted by Gasteiger charge is -2.08. The van der Waals surface area contributed by atoms with Gasteiger partial charge in [0.25, 0.3) is 0 Å². The molecule has 0 saturated heterocycles. The number of hydrogen-bond donors (Lipinski definition) is 1. The smallest absolute Gasteiger partial charge is 0.339 e. The van der Waals surface area contributed by atoms with Gasteiger partial charge in [-0.3, -0.25) is 0 Å². The molecule has 0 fully saturated rings. The third-order valence-corrected chi connectivity index (χ3v) is 2.80. The van der Waals surface area contributed by atoms with E-state index in [1.165, 1.54) is 6.07 Å². The normalized spacial score (nSPS) is 10.4. The van der Waals surface area contributed by atoms with Gasteiger partial charge in [0, 0.05) is 6.54 Å². The van der Waals surface area contributed by atoms with Gasteiger partial charge in [-0.05, 0) is 29.0 Å². The molecule has 1 heterocycles. The Morgan fingerprint density at radius 2 is 2.20 bits per heavy atom. The summed E-state index contributed by atoms with van der Waals surface area (Å²) >= 11 is 0. The van der Waals surface area contributed by atoms with Crippen LogP contribution in [-0.4, -0.2) is 31.3 Å². The van der Waals surface area contributed by atoms with E-state index >= 15 is 0 Å². The molecule has 2 rings (SSSR count). The molecule has 1 N–H and O–H groups in total. The lowest BCUT2D eigenvalue weighted by molar-refractivity contribution is 0.0691. The predicted octanol–water partition coefficient (Wildman–Crippen LogP) is 1.75. The molecule has 0 radical (unpaired) electrons. The van der Waals surface area contributed by atoms with Crippen molar-refractivity contribution in [3.05, 3.63) is 35.7 Å². The zero-order valence-electron chi connectivity index (χ0n) is 11.2. The van der Waals surface area contributed by atoms with E-state index < -0.39 is 5.97 Å². The van der Waals surface area contributed by atoms with Crippen molar-refractivity contribution in [3.8, 4) is 5.75 Å². The summed E-state index contributed by atoms with van der Waals surface area (Å²) in [4.78, 5) is 11.1. The average Bonchev–Trinajstić information content (AvgIpc) is 2.90. The van der Waals surface area contributed by atoms with Crippen molar-refractivity contribution in [1.29, 1.82) is 0 Å². The quantitative estimate of drug-likeness (QED) is 0.828. The lowest BCUT2D eigenvalue weighted by atomic mass is 10.2. The highest BCUT2D eigenvalue weighted by Crippen LogP contribution is 2.18. The molecule has 0 aliphatic carbocycles. The fourth-order valence-corrected chi connectivity index (χ4v) is 1.72. The van der Waals surface area contributed by atoms with Gasteiger partial charge in [-0.15, -0.1) is 5.10 Å². The highest BCUT2D eigenvalue weighted by atomic mass is 16.5. The number of para-hydroxylation sites is 1. The number of rotatable bonds is 7. The van der Waals surface area contributed by atoms with Crippen LogP contribution >= 0.6 is 0 Å². The van der Waals surface area contributed by atoms with Gasteiger partial charge in [0.2, 0.25) is 0 Å². The minimum absolute atomic E-state index is 0.125. The lowest BCUT2D eigenvalue weighted by Crippen LogP contribution is -2.10. The Labute approximate surface area is 116 Å². The molecule has 106 valence electrons. The van der Waals surface area contributed by atoms with Crippen LogP contribution in [0.15, 0.2) is 24.3 Å². The number of aryl methyl sites for hydroxylation is 1. The average molecular weight is 276 g/mol. The van der Waals surface area contributed by atoms with E-state index in [-0.39, 0.29) is 12.2 Å². The van der Waals surface area contributed by atoms with Gasteiger partial charge in [0.1, 0.15) is 17.9 Å². The first kappa shape index (κ1) is 14.0. The number of ether oxygens (including phenoxy) is 1. The second-order valence-corrected chi connectivity index (χ2v) is 4.26. The number of carboxylic acid groups (broad SMARTS) is 1. The van der Waals surface area contributed by atoms with E-state index in [4.69, 9.17) is 9.84 Å². The standard InChI is InChI=1S/C13H16N4O3/c1-2-3-8-17-12(14-15-16-17)9-20-11-7-5-4-6-10(11)13(18)19/h4-7H,2-3,8-9H2,1H3,(H,18,19). The van der Waals surface area contributed by atoms with E-state index in [0.717, 1.165) is 19.4 Å². The number of tetrazole rings is 1. The number of aromatic carboxylic acids is 1. The van der Waals surface area contributed by atoms with Crippen molar-refractivity contribution in [2.45, 2.75) is 32.9 Å². The largest absolute Gasteiger partial charge is 0.485 e. The first-order valence-corrected chi connectivity index (χ1v) is 6.42. The van der Waals surface area contributed by atoms with E-state index in [2.05, 4.69) is 22.4 Å². The molecule has 20 heavy (non-hydrogen) atoms. The molecule has 7 nitrogen and oxygen atoms in total. The monoisotopic (exact) mass is 276 g/mol. The summed E-state index contributed by atoms with van der Waals surface area (Å²) in [5.74, 6) is -0.130. The zero-order valence-corrected chi connectivity index (χ0v) is 11.2. The summed E-state index contributed by atoms with van der Waals surface area (Å²) in [5.41, 5.74) is 0.125. The maximum absolute atomic E-state index is 11.1. The maximum atomic E-state index is 11.1. The minimum atomic E-state index is -1.02. The molecule has 0 spiro atoms. The Balaban J connectivity index is 2.06. The fourth-order valence-electron chi connectivity index (χ4n) is 1.72. The first-order chi connectivity index (χ1) is 9.72. The Morgan fingerprint density at radius 3 is 2.95 bits per heavy atom. The van der Waals surface area contributed by atoms with Crippen LogP contribution in [0, 0.1) is 0 Å². The van der Waals surface area contributed by atoms with Gasteiger partial charge in [0.05, 0.1) is 0 Å². The van der Waals surface area contributed by atoms with Crippen LogP contribution in [0.2, 0.25) is 0 Å². The third kappa shape index (κ3) is 3.31. The van der Waals surface area contributed by atoms with Crippen LogP contribution in [0.25, 0.3) is 0 Å². The van der Waals surface area contributed by atoms with Crippen LogP contribution in [0.4, 0.5) is 0 Å². The van der Waals surface area contributed by atoms with Crippen molar-refractivity contribution in [1.82, 2.24) is 20.2 Å². The van der Waals surface area contributed by atoms with Gasteiger partial charge >= 0.3 is 5.97 Å². The number of carboxylic acids is 1. The molecular formula is C13H16N4O3. The molecule has 7 heteroatoms. The highest BCUT2D eigenvalue weighted by Gasteiger charge is 2.12. The Kier molecular flexibility index (Phi) is 4.65. The number of hydrogen-bond acceptors (Lipinski definition) is 5. The molecule has 1 aromatic heterocycles. The second kappa shape index (κ2) is 6.65. The summed E-state index contributed by atoms with van der Waals surface area (Å²) in [5, 5.41) is 20.5. The number of carbonyl (C=O) groups is 1. The second-order valence-electron chi connectivity index (χ2n) is 4.26. The van der Waals surface area contributed by atoms with E-state index in [9.17, 15) is 4.79 Å². The molecule has 0 amide bonds. The molecule has 0 atom stereocenters. The Bertz CT molecular complexity index is 583. The summed E-state index contributed by atoms with van der Waals surface area (Å²) in [7, 11) is 0. The number of unbranched alkanes of at least 4 members (excludes halogenated alkanes) is 1. The number of nitrogens with zero attached hydrogens (tertiary/aromatic N) is 4. The molecule has 0 aliphatic heterocycles. The van der Waals surface area contributed by atoms with Gasteiger partial charge in [0.15, 0.2) is 5.82 Å². The van der Waals surface area contributed by atoms with Gasteiger partial charge in [-0.25, -0.2) is 9.48 Å². The Morgan fingerprint density at radius 1 is 1.40 bits per heavy atom. The Hall–Kier alpha value is -2.44. The molecule has 0 saturated carbocycles. The molecule has 0 bridgehead atoms. The molecule has 0 aliphatic rings. The zero-order chi connectivity index (χ0) is 14.4. The van der Waals surface area contributed by atoms with Crippen LogP contribution in [0.1, 0.15) is 35.9 Å². The first-order valence-electron chi connectivity index (χ1n) is 6.42. The molecular weight excluding hydrogens is 260 g/mol. The highest BCUT2D eigenvalue weighted by molar-refractivity contribution is 5.90. The van der Waals surface area contributed by atoms with Crippen LogP contribution in [0.3, 0.4) is 0 Å². The SMILES string of the molecule is CCCCn1nnnc1COc1ccccc1C(=O)O. The minimum Gasteiger partial charge on any atom is -0.485 e. The third-order valence-electron chi connectivity index (χ3n) is 2.80. The summed E-state index contributed by atoms with van der Waals surface area (Å²) in [6.07, 6.45) is 2.02. The van der Waals surface area contributed by atoms with Crippen molar-refractivity contribution in [3.63, 3.8) is 0 Å². The van der Waals surface area contributed by atoms with E-state index in [0.29, 0.717) is 11.6 Å². The van der Waals surface area contributed by atoms with Crippen molar-refractivity contribution in [2.24, 2.45) is 0 Å². The summed E-state index contributed by atoms with van der Waals surface area (Å²) < 4.78 is 7.19. The fraction of sp³-hybridized carbons (Fsp3) is 0.385. The summed E-state index contributed by atoms with van der Waals surface area (Å²) in [6, 6.07) is 6.49. The molecule has 2 aromatic rings. The topological polar surface area (TPSA) is 90.1 Å². The van der Waals surface area contributed by atoms with Crippen molar-refractivity contribution < 1.29 is 14.6 Å². The summed E-state index contributed by atoms with van der Waals surface area (Å²) in [6.45, 7) is 2.95. The van der Waals surface area contributed by atoms with Crippen LogP contribution in [-0.2, 0) is 13.2 Å². The van der Waals surface area contributed by atoms with Crippen molar-refractivity contribution >= 4 is 5.97 Å². The van der Waals surface area contributed by atoms with Gasteiger partial charge in [-0.1, -0.05) is 25.5 Å². The van der Waals surface area contributed by atoms with E-state index in [1.54, 1.807) is 22.9 Å². The van der Waals surface area contributed by atoms with Gasteiger partial charge in [-0.2, -0.15) is 0 Å². The van der Waals surface area contributed by atoms with E-state index in [1.807, 2.05) is 0 Å². The van der Waals surface area contributed by atoms with Crippen molar-refractivity contribution in [2.75, 3.05) is 0 Å². The maximum Gasteiger partial charge on any atom is 0.339 e. The molecule has 1 aromatic carbocycles. The molecule has 0 unspecified atom stereocenters. The predicted molar refractivity (Wildman–Crippen MR) is 70.5 cm³/mol.